The molecule has 150 valence electrons. The van der Waals surface area contributed by atoms with Crippen molar-refractivity contribution in [3.05, 3.63) is 67.5 Å². The minimum Gasteiger partial charge on any atom is -0.480 e. The normalized spacial score (nSPS) is 13.2. The number of fused-ring (bicyclic) bond motifs is 3. The summed E-state index contributed by atoms with van der Waals surface area (Å²) in [6.45, 7) is 1.46. The van der Waals surface area contributed by atoms with Crippen LogP contribution >= 0.6 is 23.2 Å². The van der Waals surface area contributed by atoms with Crippen LogP contribution in [0, 0.1) is 6.92 Å². The number of aryl methyl sites for hydroxylation is 2. The van der Waals surface area contributed by atoms with Crippen LogP contribution in [-0.4, -0.2) is 12.6 Å². The summed E-state index contributed by atoms with van der Waals surface area (Å²) in [6.07, 6.45) is 3.64. The fourth-order valence-electron chi connectivity index (χ4n) is 3.65. The Morgan fingerprint density at radius 1 is 1.10 bits per heavy atom. The van der Waals surface area contributed by atoms with Crippen LogP contribution in [0.2, 0.25) is 10.0 Å². The Morgan fingerprint density at radius 3 is 2.62 bits per heavy atom. The lowest BCUT2D eigenvalue weighted by atomic mass is 9.91. The Labute approximate surface area is 177 Å². The van der Waals surface area contributed by atoms with Crippen LogP contribution < -0.4 is 15.1 Å². The fourth-order valence-corrected chi connectivity index (χ4v) is 4.30. The molecule has 0 spiro atoms. The van der Waals surface area contributed by atoms with E-state index in [1.165, 1.54) is 0 Å². The molecule has 1 heterocycles. The minimum absolute atomic E-state index is 0.281. The predicted octanol–water partition coefficient (Wildman–Crippen LogP) is 5.27. The maximum atomic E-state index is 12.2. The molecule has 1 aliphatic rings. The number of carbonyl (C=O) groups is 1. The van der Waals surface area contributed by atoms with Gasteiger partial charge in [0.2, 0.25) is 0 Å². The highest BCUT2D eigenvalue weighted by molar-refractivity contribution is 6.35. The van der Waals surface area contributed by atoms with Crippen LogP contribution in [0.5, 0.6) is 11.5 Å². The Bertz CT molecular complexity index is 1140. The first kappa shape index (κ1) is 19.8. The number of benzene rings is 2. The monoisotopic (exact) mass is 432 g/mol. The van der Waals surface area contributed by atoms with Crippen molar-refractivity contribution in [1.82, 2.24) is 0 Å². The van der Waals surface area contributed by atoms with E-state index in [9.17, 15) is 9.59 Å². The van der Waals surface area contributed by atoms with Crippen molar-refractivity contribution in [2.24, 2.45) is 0 Å². The quantitative estimate of drug-likeness (QED) is 0.319. The summed E-state index contributed by atoms with van der Waals surface area (Å²) in [5.74, 6) is 0.0585. The van der Waals surface area contributed by atoms with E-state index in [0.717, 1.165) is 42.2 Å². The highest BCUT2D eigenvalue weighted by atomic mass is 35.5. The van der Waals surface area contributed by atoms with E-state index >= 15 is 0 Å². The van der Waals surface area contributed by atoms with Crippen molar-refractivity contribution < 1.29 is 18.7 Å². The first-order valence-corrected chi connectivity index (χ1v) is 10.1. The second-order valence-electron chi connectivity index (χ2n) is 7.01. The second-order valence-corrected chi connectivity index (χ2v) is 7.85. The van der Waals surface area contributed by atoms with E-state index in [-0.39, 0.29) is 18.0 Å². The van der Waals surface area contributed by atoms with Crippen LogP contribution in [0.4, 0.5) is 0 Å². The number of hydrogen-bond acceptors (Lipinski definition) is 5. The molecule has 0 saturated carbocycles. The number of rotatable bonds is 4. The van der Waals surface area contributed by atoms with Gasteiger partial charge >= 0.3 is 11.6 Å². The molecule has 0 radical (unpaired) electrons. The zero-order valence-corrected chi connectivity index (χ0v) is 17.2. The second kappa shape index (κ2) is 8.09. The first-order chi connectivity index (χ1) is 13.9. The number of hydrogen-bond donors (Lipinski definition) is 0. The summed E-state index contributed by atoms with van der Waals surface area (Å²) in [5, 5.41) is 1.70. The van der Waals surface area contributed by atoms with Gasteiger partial charge in [0.15, 0.2) is 6.61 Å². The third-order valence-corrected chi connectivity index (χ3v) is 5.45. The van der Waals surface area contributed by atoms with Gasteiger partial charge in [0.05, 0.1) is 5.02 Å². The van der Waals surface area contributed by atoms with E-state index in [2.05, 4.69) is 0 Å². The molecule has 5 nitrogen and oxygen atoms in total. The summed E-state index contributed by atoms with van der Waals surface area (Å²) in [7, 11) is 0. The van der Waals surface area contributed by atoms with Crippen LogP contribution in [0.1, 0.15) is 29.5 Å². The van der Waals surface area contributed by atoms with Crippen LogP contribution in [-0.2, 0) is 17.6 Å². The molecule has 0 unspecified atom stereocenters. The van der Waals surface area contributed by atoms with Gasteiger partial charge in [-0.3, -0.25) is 0 Å². The third-order valence-electron chi connectivity index (χ3n) is 4.96. The lowest BCUT2D eigenvalue weighted by Crippen LogP contribution is -2.18. The Kier molecular flexibility index (Phi) is 5.52. The lowest BCUT2D eigenvalue weighted by molar-refractivity contribution is -0.136. The molecule has 0 N–H and O–H groups in total. The minimum atomic E-state index is -0.602. The van der Waals surface area contributed by atoms with Gasteiger partial charge in [-0.25, -0.2) is 9.59 Å². The summed E-state index contributed by atoms with van der Waals surface area (Å²) < 4.78 is 16.3. The maximum Gasteiger partial charge on any atom is 0.349 e. The molecule has 3 aromatic rings. The van der Waals surface area contributed by atoms with Crippen molar-refractivity contribution in [2.75, 3.05) is 6.61 Å². The maximum absolute atomic E-state index is 12.2. The van der Waals surface area contributed by atoms with Gasteiger partial charge in [0, 0.05) is 22.0 Å². The van der Waals surface area contributed by atoms with Crippen molar-refractivity contribution in [3.8, 4) is 11.5 Å². The highest BCUT2D eigenvalue weighted by Crippen LogP contribution is 2.32. The standard InChI is InChI=1S/C22H18Cl2O5/c1-12-8-13(23)9-18(24)21(12)27-11-20(25)28-14-6-7-16-15-4-2-3-5-17(15)22(26)29-19(16)10-14/h6-10H,2-5,11H2,1H3. The molecular weight excluding hydrogens is 415 g/mol. The molecule has 0 atom stereocenters. The summed E-state index contributed by atoms with van der Waals surface area (Å²) in [6, 6.07) is 8.31. The fraction of sp³-hybridized carbons (Fsp3) is 0.273. The zero-order chi connectivity index (χ0) is 20.5. The van der Waals surface area contributed by atoms with Crippen molar-refractivity contribution in [2.45, 2.75) is 32.6 Å². The van der Waals surface area contributed by atoms with E-state index in [0.29, 0.717) is 26.9 Å². The first-order valence-electron chi connectivity index (χ1n) is 9.30. The molecule has 0 bridgehead atoms. The van der Waals surface area contributed by atoms with Crippen molar-refractivity contribution in [3.63, 3.8) is 0 Å². The smallest absolute Gasteiger partial charge is 0.349 e. The van der Waals surface area contributed by atoms with Gasteiger partial charge in [0.1, 0.15) is 17.1 Å². The van der Waals surface area contributed by atoms with Crippen LogP contribution in [0.3, 0.4) is 0 Å². The van der Waals surface area contributed by atoms with Gasteiger partial charge in [-0.2, -0.15) is 0 Å². The highest BCUT2D eigenvalue weighted by Gasteiger charge is 2.19. The number of carbonyl (C=O) groups excluding carboxylic acids is 1. The molecule has 2 aromatic carbocycles. The van der Waals surface area contributed by atoms with Gasteiger partial charge in [0.25, 0.3) is 0 Å². The molecule has 1 aliphatic carbocycles. The molecule has 0 amide bonds. The van der Waals surface area contributed by atoms with E-state index in [4.69, 9.17) is 37.1 Å². The molecular formula is C22H18Cl2O5. The summed E-state index contributed by atoms with van der Waals surface area (Å²) >= 11 is 12.0. The predicted molar refractivity (Wildman–Crippen MR) is 111 cm³/mol. The van der Waals surface area contributed by atoms with Gasteiger partial charge in [-0.1, -0.05) is 23.2 Å². The van der Waals surface area contributed by atoms with E-state index in [1.807, 2.05) is 6.07 Å². The summed E-state index contributed by atoms with van der Waals surface area (Å²) in [4.78, 5) is 24.4. The molecule has 29 heavy (non-hydrogen) atoms. The molecule has 0 aliphatic heterocycles. The van der Waals surface area contributed by atoms with Crippen molar-refractivity contribution in [1.29, 1.82) is 0 Å². The number of esters is 1. The van der Waals surface area contributed by atoms with Gasteiger partial charge in [-0.05, 0) is 68.0 Å². The summed E-state index contributed by atoms with van der Waals surface area (Å²) in [5.41, 5.74) is 2.62. The third kappa shape index (κ3) is 4.11. The molecule has 1 aromatic heterocycles. The zero-order valence-electron chi connectivity index (χ0n) is 15.7. The van der Waals surface area contributed by atoms with Gasteiger partial charge < -0.3 is 13.9 Å². The topological polar surface area (TPSA) is 65.7 Å². The molecule has 0 saturated heterocycles. The Balaban J connectivity index is 1.51. The molecule has 7 heteroatoms. The van der Waals surface area contributed by atoms with Crippen LogP contribution in [0.25, 0.3) is 11.0 Å². The average molecular weight is 433 g/mol. The number of halogens is 2. The molecule has 4 rings (SSSR count). The van der Waals surface area contributed by atoms with Crippen molar-refractivity contribution >= 4 is 40.1 Å². The Morgan fingerprint density at radius 2 is 1.86 bits per heavy atom. The van der Waals surface area contributed by atoms with Gasteiger partial charge in [-0.15, -0.1) is 0 Å². The Hall–Kier alpha value is -2.50. The number of ether oxygens (including phenoxy) is 2. The SMILES string of the molecule is Cc1cc(Cl)cc(Cl)c1OCC(=O)Oc1ccc2c3c(c(=O)oc2c1)CCCC3. The van der Waals surface area contributed by atoms with E-state index in [1.54, 1.807) is 31.2 Å². The van der Waals surface area contributed by atoms with E-state index < -0.39 is 5.97 Å². The lowest BCUT2D eigenvalue weighted by Gasteiger charge is -2.16. The largest absolute Gasteiger partial charge is 0.480 e. The average Bonchev–Trinajstić information content (AvgIpc) is 2.67. The van der Waals surface area contributed by atoms with Crippen LogP contribution in [0.15, 0.2) is 39.5 Å². The molecule has 0 fully saturated rings.